The molecule has 0 aliphatic heterocycles. The molecule has 3 atom stereocenters. The van der Waals surface area contributed by atoms with E-state index in [0.29, 0.717) is 6.42 Å². The summed E-state index contributed by atoms with van der Waals surface area (Å²) in [6.07, 6.45) is 57.7. The molecule has 0 rings (SSSR count). The fraction of sp³-hybridized carbons (Fsp3) is 0.860. The van der Waals surface area contributed by atoms with Crippen molar-refractivity contribution in [1.82, 2.24) is 5.32 Å². The van der Waals surface area contributed by atoms with E-state index in [1.54, 1.807) is 6.08 Å². The summed E-state index contributed by atoms with van der Waals surface area (Å²) in [7, 11) is 0. The van der Waals surface area contributed by atoms with Crippen LogP contribution in [0.4, 0.5) is 0 Å². The van der Waals surface area contributed by atoms with E-state index in [1.165, 1.54) is 186 Å². The van der Waals surface area contributed by atoms with E-state index in [-0.39, 0.29) is 6.61 Å². The molecule has 0 aliphatic rings. The van der Waals surface area contributed by atoms with Crippen LogP contribution in [0, 0.1) is 0 Å². The first-order valence-corrected chi connectivity index (χ1v) is 24.3. The number of aliphatic hydroxyl groups is 3. The van der Waals surface area contributed by atoms with Gasteiger partial charge in [0.1, 0.15) is 6.10 Å². The van der Waals surface area contributed by atoms with Crippen LogP contribution < -0.4 is 5.32 Å². The lowest BCUT2D eigenvalue weighted by Gasteiger charge is -2.21. The number of amides is 1. The van der Waals surface area contributed by atoms with Gasteiger partial charge in [-0.2, -0.15) is 0 Å². The highest BCUT2D eigenvalue weighted by molar-refractivity contribution is 5.80. The van der Waals surface area contributed by atoms with Crippen molar-refractivity contribution in [3.63, 3.8) is 0 Å². The van der Waals surface area contributed by atoms with Crippen LogP contribution in [0.3, 0.4) is 0 Å². The van der Waals surface area contributed by atoms with Crippen molar-refractivity contribution >= 4 is 5.91 Å². The number of aliphatic hydroxyl groups excluding tert-OH is 3. The summed E-state index contributed by atoms with van der Waals surface area (Å²) in [6, 6.07) is -0.818. The summed E-state index contributed by atoms with van der Waals surface area (Å²) in [4.78, 5) is 12.5. The quantitative estimate of drug-likeness (QED) is 0.0367. The standard InChI is InChI=1S/C50H95NO4/c1-3-5-7-9-11-13-15-17-19-20-21-22-23-24-25-26-27-28-29-30-31-33-35-37-39-41-43-45-49(54)50(55)51-47(46-52)48(53)44-42-40-38-36-34-32-18-16-14-12-10-8-6-4-2/h14,16,34,36,42,44,47-49,52-54H,3-13,15,17-33,35,37-41,43,45-46H2,1-2H3,(H,51,55)/b16-14+,36-34+,44-42+. The molecule has 55 heavy (non-hydrogen) atoms. The molecular formula is C50H95NO4. The number of nitrogens with one attached hydrogen (secondary N) is 1. The minimum Gasteiger partial charge on any atom is -0.394 e. The summed E-state index contributed by atoms with van der Waals surface area (Å²) in [6.45, 7) is 4.16. The molecule has 5 nitrogen and oxygen atoms in total. The van der Waals surface area contributed by atoms with Crippen molar-refractivity contribution in [3.05, 3.63) is 36.5 Å². The first-order valence-electron chi connectivity index (χ1n) is 24.3. The molecule has 0 saturated heterocycles. The molecule has 0 spiro atoms. The lowest BCUT2D eigenvalue weighted by Crippen LogP contribution is -2.48. The number of hydrogen-bond acceptors (Lipinski definition) is 4. The van der Waals surface area contributed by atoms with E-state index in [4.69, 9.17) is 0 Å². The van der Waals surface area contributed by atoms with Crippen LogP contribution in [-0.2, 0) is 4.79 Å². The Hall–Kier alpha value is -1.43. The topological polar surface area (TPSA) is 89.8 Å². The second kappa shape index (κ2) is 45.3. The highest BCUT2D eigenvalue weighted by Crippen LogP contribution is 2.17. The third kappa shape index (κ3) is 40.6. The number of allylic oxidation sites excluding steroid dienone is 5. The van der Waals surface area contributed by atoms with Crippen LogP contribution in [0.25, 0.3) is 0 Å². The van der Waals surface area contributed by atoms with Crippen molar-refractivity contribution < 1.29 is 20.1 Å². The summed E-state index contributed by atoms with van der Waals surface area (Å²) < 4.78 is 0. The zero-order chi connectivity index (χ0) is 40.1. The first kappa shape index (κ1) is 53.6. The first-order chi connectivity index (χ1) is 27.1. The maximum absolute atomic E-state index is 12.5. The molecule has 0 fully saturated rings. The summed E-state index contributed by atoms with van der Waals surface area (Å²) in [5, 5.41) is 33.1. The second-order valence-electron chi connectivity index (χ2n) is 16.7. The van der Waals surface area contributed by atoms with Gasteiger partial charge >= 0.3 is 0 Å². The minimum absolute atomic E-state index is 0.379. The summed E-state index contributed by atoms with van der Waals surface area (Å²) >= 11 is 0. The number of rotatable bonds is 44. The van der Waals surface area contributed by atoms with Crippen molar-refractivity contribution in [3.8, 4) is 0 Å². The lowest BCUT2D eigenvalue weighted by molar-refractivity contribution is -0.131. The van der Waals surface area contributed by atoms with E-state index in [2.05, 4.69) is 43.5 Å². The monoisotopic (exact) mass is 774 g/mol. The van der Waals surface area contributed by atoms with Gasteiger partial charge in [-0.1, -0.05) is 243 Å². The lowest BCUT2D eigenvalue weighted by atomic mass is 10.0. The molecule has 0 heterocycles. The zero-order valence-corrected chi connectivity index (χ0v) is 36.8. The van der Waals surface area contributed by atoms with Crippen LogP contribution in [0.15, 0.2) is 36.5 Å². The predicted molar refractivity (Wildman–Crippen MR) is 241 cm³/mol. The van der Waals surface area contributed by atoms with Crippen molar-refractivity contribution in [2.75, 3.05) is 6.61 Å². The van der Waals surface area contributed by atoms with Gasteiger partial charge in [-0.3, -0.25) is 4.79 Å². The third-order valence-electron chi connectivity index (χ3n) is 11.2. The molecule has 4 N–H and O–H groups in total. The van der Waals surface area contributed by atoms with Gasteiger partial charge in [-0.05, 0) is 44.9 Å². The Balaban J connectivity index is 3.58. The molecular weight excluding hydrogens is 679 g/mol. The largest absolute Gasteiger partial charge is 0.394 e. The maximum Gasteiger partial charge on any atom is 0.249 e. The van der Waals surface area contributed by atoms with Gasteiger partial charge in [-0.15, -0.1) is 0 Å². The van der Waals surface area contributed by atoms with Gasteiger partial charge in [0, 0.05) is 0 Å². The van der Waals surface area contributed by atoms with Crippen molar-refractivity contribution in [1.29, 1.82) is 0 Å². The van der Waals surface area contributed by atoms with E-state index in [1.807, 2.05) is 6.08 Å². The molecule has 0 saturated carbocycles. The van der Waals surface area contributed by atoms with Gasteiger partial charge in [0.15, 0.2) is 0 Å². The predicted octanol–water partition coefficient (Wildman–Crippen LogP) is 14.3. The highest BCUT2D eigenvalue weighted by atomic mass is 16.3. The number of carbonyl (C=O) groups excluding carboxylic acids is 1. The highest BCUT2D eigenvalue weighted by Gasteiger charge is 2.22. The van der Waals surface area contributed by atoms with Crippen LogP contribution in [0.2, 0.25) is 0 Å². The fourth-order valence-corrected chi connectivity index (χ4v) is 7.39. The Morgan fingerprint density at radius 1 is 0.436 bits per heavy atom. The van der Waals surface area contributed by atoms with Gasteiger partial charge in [0.25, 0.3) is 0 Å². The van der Waals surface area contributed by atoms with E-state index < -0.39 is 24.2 Å². The molecule has 0 aliphatic carbocycles. The van der Waals surface area contributed by atoms with Gasteiger partial charge in [0.2, 0.25) is 5.91 Å². The Kier molecular flexibility index (Phi) is 44.1. The normalized spacial score (nSPS) is 13.8. The van der Waals surface area contributed by atoms with Crippen LogP contribution in [-0.4, -0.2) is 46.1 Å². The average Bonchev–Trinajstić information content (AvgIpc) is 3.19. The van der Waals surface area contributed by atoms with E-state index in [0.717, 1.165) is 44.9 Å². The molecule has 1 amide bonds. The van der Waals surface area contributed by atoms with Crippen LogP contribution in [0.1, 0.15) is 251 Å². The molecule has 324 valence electrons. The molecule has 5 heteroatoms. The fourth-order valence-electron chi connectivity index (χ4n) is 7.39. The molecule has 0 aromatic heterocycles. The van der Waals surface area contributed by atoms with Gasteiger partial charge in [-0.25, -0.2) is 0 Å². The molecule has 0 bridgehead atoms. The smallest absolute Gasteiger partial charge is 0.249 e. The second-order valence-corrected chi connectivity index (χ2v) is 16.7. The molecule has 0 aromatic rings. The van der Waals surface area contributed by atoms with Gasteiger partial charge < -0.3 is 20.6 Å². The van der Waals surface area contributed by atoms with Crippen molar-refractivity contribution in [2.45, 2.75) is 270 Å². The Labute approximate surface area is 343 Å². The Morgan fingerprint density at radius 2 is 0.745 bits per heavy atom. The summed E-state index contributed by atoms with van der Waals surface area (Å²) in [5.41, 5.74) is 0. The average molecular weight is 774 g/mol. The molecule has 0 radical (unpaired) electrons. The minimum atomic E-state index is -1.11. The van der Waals surface area contributed by atoms with E-state index in [9.17, 15) is 20.1 Å². The van der Waals surface area contributed by atoms with Gasteiger partial charge in [0.05, 0.1) is 18.8 Å². The molecule has 3 unspecified atom stereocenters. The molecule has 0 aromatic carbocycles. The summed E-state index contributed by atoms with van der Waals surface area (Å²) in [5.74, 6) is -0.515. The number of carbonyl (C=O) groups is 1. The maximum atomic E-state index is 12.5. The van der Waals surface area contributed by atoms with Crippen LogP contribution in [0.5, 0.6) is 0 Å². The number of unbranched alkanes of at least 4 members (excludes halogenated alkanes) is 32. The number of hydrogen-bond donors (Lipinski definition) is 4. The van der Waals surface area contributed by atoms with Crippen molar-refractivity contribution in [2.24, 2.45) is 0 Å². The SMILES string of the molecule is CCCCCC/C=C/CC/C=C/CC/C=C/C(O)C(CO)NC(=O)C(O)CCCCCCCCCCCCCCCCCCCCCCCCCCCCC. The Morgan fingerprint density at radius 3 is 1.11 bits per heavy atom. The van der Waals surface area contributed by atoms with Crippen LogP contribution >= 0.6 is 0 Å². The van der Waals surface area contributed by atoms with E-state index >= 15 is 0 Å². The zero-order valence-electron chi connectivity index (χ0n) is 36.8. The third-order valence-corrected chi connectivity index (χ3v) is 11.2. The Bertz CT molecular complexity index is 855.